The molecule has 160 valence electrons. The van der Waals surface area contributed by atoms with Gasteiger partial charge in [0.1, 0.15) is 18.0 Å². The summed E-state index contributed by atoms with van der Waals surface area (Å²) in [5, 5.41) is 22.1. The van der Waals surface area contributed by atoms with Gasteiger partial charge < -0.3 is 33.7 Å². The highest BCUT2D eigenvalue weighted by molar-refractivity contribution is 5.55. The smallest absolute Gasteiger partial charge is 0.203 e. The third kappa shape index (κ3) is 3.92. The number of hydrogen-bond donors (Lipinski definition) is 2. The summed E-state index contributed by atoms with van der Waals surface area (Å²) in [6, 6.07) is 10.4. The van der Waals surface area contributed by atoms with Gasteiger partial charge in [-0.05, 0) is 35.4 Å². The molecule has 0 amide bonds. The van der Waals surface area contributed by atoms with Crippen LogP contribution in [-0.2, 0) is 7.05 Å². The second kappa shape index (κ2) is 9.06. The third-order valence-electron chi connectivity index (χ3n) is 4.96. The molecule has 0 radical (unpaired) electrons. The molecule has 0 saturated carbocycles. The highest BCUT2D eigenvalue weighted by atomic mass is 16.5. The van der Waals surface area contributed by atoms with Crippen LogP contribution in [0.5, 0.6) is 23.0 Å². The predicted octanol–water partition coefficient (Wildman–Crippen LogP) is 2.62. The maximum Gasteiger partial charge on any atom is 0.203 e. The average Bonchev–Trinajstić information content (AvgIpc) is 3.18. The van der Waals surface area contributed by atoms with Gasteiger partial charge in [-0.3, -0.25) is 0 Å². The average molecular weight is 414 g/mol. The van der Waals surface area contributed by atoms with E-state index in [0.29, 0.717) is 45.5 Å². The molecular weight excluding hydrogens is 388 g/mol. The number of nitrogens with zero attached hydrogens (tertiary/aromatic N) is 2. The van der Waals surface area contributed by atoms with Gasteiger partial charge in [0.15, 0.2) is 11.5 Å². The summed E-state index contributed by atoms with van der Waals surface area (Å²) in [4.78, 5) is 4.33. The van der Waals surface area contributed by atoms with Gasteiger partial charge >= 0.3 is 0 Å². The fourth-order valence-corrected chi connectivity index (χ4v) is 3.36. The number of imidazole rings is 1. The van der Waals surface area contributed by atoms with E-state index in [-0.39, 0.29) is 0 Å². The van der Waals surface area contributed by atoms with Crippen molar-refractivity contribution in [3.8, 4) is 23.0 Å². The Balaban J connectivity index is 2.03. The second-order valence-electron chi connectivity index (χ2n) is 6.66. The van der Waals surface area contributed by atoms with Gasteiger partial charge in [-0.15, -0.1) is 0 Å². The van der Waals surface area contributed by atoms with Gasteiger partial charge in [0.2, 0.25) is 5.75 Å². The number of benzene rings is 2. The molecule has 0 fully saturated rings. The zero-order valence-corrected chi connectivity index (χ0v) is 17.6. The summed E-state index contributed by atoms with van der Waals surface area (Å²) in [6.45, 7) is 0. The van der Waals surface area contributed by atoms with Crippen LogP contribution in [0.3, 0.4) is 0 Å². The molecule has 8 nitrogen and oxygen atoms in total. The molecule has 0 spiro atoms. The molecule has 0 aliphatic rings. The molecule has 0 bridgehead atoms. The van der Waals surface area contributed by atoms with Crippen LogP contribution in [0.15, 0.2) is 42.7 Å². The summed E-state index contributed by atoms with van der Waals surface area (Å²) in [7, 11) is 7.87. The lowest BCUT2D eigenvalue weighted by Gasteiger charge is -2.20. The minimum absolute atomic E-state index is 0.351. The molecule has 3 aromatic rings. The first kappa shape index (κ1) is 21.5. The largest absolute Gasteiger partial charge is 0.497 e. The van der Waals surface area contributed by atoms with Crippen molar-refractivity contribution < 1.29 is 29.2 Å². The van der Waals surface area contributed by atoms with E-state index in [2.05, 4.69) is 4.98 Å². The van der Waals surface area contributed by atoms with Crippen molar-refractivity contribution in [2.45, 2.75) is 12.2 Å². The summed E-state index contributed by atoms with van der Waals surface area (Å²) < 4.78 is 23.0. The predicted molar refractivity (Wildman–Crippen MR) is 110 cm³/mol. The Morgan fingerprint density at radius 3 is 1.90 bits per heavy atom. The fourth-order valence-electron chi connectivity index (χ4n) is 3.36. The Kier molecular flexibility index (Phi) is 6.49. The van der Waals surface area contributed by atoms with Crippen LogP contribution in [0.1, 0.15) is 34.7 Å². The van der Waals surface area contributed by atoms with Gasteiger partial charge in [-0.25, -0.2) is 4.98 Å². The van der Waals surface area contributed by atoms with Gasteiger partial charge in [0.25, 0.3) is 0 Å². The van der Waals surface area contributed by atoms with Crippen LogP contribution in [0.4, 0.5) is 0 Å². The number of ether oxygens (including phenoxy) is 4. The zero-order valence-electron chi connectivity index (χ0n) is 17.6. The van der Waals surface area contributed by atoms with E-state index in [1.165, 1.54) is 21.3 Å². The highest BCUT2D eigenvalue weighted by Crippen LogP contribution is 2.41. The summed E-state index contributed by atoms with van der Waals surface area (Å²) in [5.74, 6) is 1.96. The molecule has 0 aliphatic carbocycles. The van der Waals surface area contributed by atoms with Crippen LogP contribution in [-0.4, -0.2) is 48.2 Å². The first-order valence-corrected chi connectivity index (χ1v) is 9.26. The normalized spacial score (nSPS) is 12.9. The molecule has 8 heteroatoms. The summed E-state index contributed by atoms with van der Waals surface area (Å²) in [5.41, 5.74) is 1.95. The SMILES string of the molecule is COc1ccc(C(O)c2ncn(C)c2C(O)c2cc(OC)c(OC)c(OC)c2)cc1. The van der Waals surface area contributed by atoms with Crippen molar-refractivity contribution in [3.05, 3.63) is 65.2 Å². The van der Waals surface area contributed by atoms with Crippen LogP contribution < -0.4 is 18.9 Å². The van der Waals surface area contributed by atoms with E-state index in [0.717, 1.165) is 0 Å². The second-order valence-corrected chi connectivity index (χ2v) is 6.66. The summed E-state index contributed by atoms with van der Waals surface area (Å²) in [6.07, 6.45) is -0.559. The molecule has 2 unspecified atom stereocenters. The number of hydrogen-bond acceptors (Lipinski definition) is 7. The lowest BCUT2D eigenvalue weighted by Crippen LogP contribution is -2.12. The number of rotatable bonds is 8. The number of aryl methyl sites for hydroxylation is 1. The molecule has 2 atom stereocenters. The third-order valence-corrected chi connectivity index (χ3v) is 4.96. The van der Waals surface area contributed by atoms with Crippen LogP contribution >= 0.6 is 0 Å². The quantitative estimate of drug-likeness (QED) is 0.585. The molecular formula is C22H26N2O6. The van der Waals surface area contributed by atoms with Gasteiger partial charge in [-0.1, -0.05) is 12.1 Å². The molecule has 0 aliphatic heterocycles. The maximum atomic E-state index is 11.2. The van der Waals surface area contributed by atoms with Gasteiger partial charge in [-0.2, -0.15) is 0 Å². The molecule has 1 heterocycles. The van der Waals surface area contributed by atoms with E-state index in [1.807, 2.05) is 0 Å². The van der Waals surface area contributed by atoms with E-state index < -0.39 is 12.2 Å². The lowest BCUT2D eigenvalue weighted by molar-refractivity contribution is 0.188. The van der Waals surface area contributed by atoms with Crippen molar-refractivity contribution in [3.63, 3.8) is 0 Å². The number of aliphatic hydroxyl groups excluding tert-OH is 2. The van der Waals surface area contributed by atoms with E-state index in [9.17, 15) is 10.2 Å². The first-order valence-electron chi connectivity index (χ1n) is 9.26. The highest BCUT2D eigenvalue weighted by Gasteiger charge is 2.27. The fraction of sp³-hybridized carbons (Fsp3) is 0.318. The Hall–Kier alpha value is -3.23. The number of methoxy groups -OCH3 is 4. The Bertz CT molecular complexity index is 974. The first-order chi connectivity index (χ1) is 14.4. The topological polar surface area (TPSA) is 95.2 Å². The number of aliphatic hydroxyl groups is 2. The van der Waals surface area contributed by atoms with E-state index in [1.54, 1.807) is 61.5 Å². The minimum Gasteiger partial charge on any atom is -0.497 e. The molecule has 2 N–H and O–H groups in total. The molecule has 3 rings (SSSR count). The van der Waals surface area contributed by atoms with Crippen LogP contribution in [0, 0.1) is 0 Å². The van der Waals surface area contributed by atoms with Crippen molar-refractivity contribution in [1.29, 1.82) is 0 Å². The standard InChI is InChI=1S/C22H26N2O6/c1-24-12-23-18(20(25)13-6-8-15(27-2)9-7-13)19(24)21(26)14-10-16(28-3)22(30-5)17(11-14)29-4/h6-12,20-21,25-26H,1-5H3. The maximum absolute atomic E-state index is 11.2. The van der Waals surface area contributed by atoms with Crippen LogP contribution in [0.25, 0.3) is 0 Å². The van der Waals surface area contributed by atoms with E-state index >= 15 is 0 Å². The molecule has 30 heavy (non-hydrogen) atoms. The monoisotopic (exact) mass is 414 g/mol. The Labute approximate surface area is 175 Å². The van der Waals surface area contributed by atoms with Crippen LogP contribution in [0.2, 0.25) is 0 Å². The lowest BCUT2D eigenvalue weighted by atomic mass is 9.99. The number of aromatic nitrogens is 2. The van der Waals surface area contributed by atoms with Crippen molar-refractivity contribution in [2.24, 2.45) is 7.05 Å². The van der Waals surface area contributed by atoms with Crippen molar-refractivity contribution in [1.82, 2.24) is 9.55 Å². The Morgan fingerprint density at radius 1 is 0.800 bits per heavy atom. The molecule has 1 aromatic heterocycles. The molecule has 2 aromatic carbocycles. The van der Waals surface area contributed by atoms with E-state index in [4.69, 9.17) is 18.9 Å². The van der Waals surface area contributed by atoms with Crippen molar-refractivity contribution in [2.75, 3.05) is 28.4 Å². The van der Waals surface area contributed by atoms with Crippen molar-refractivity contribution >= 4 is 0 Å². The van der Waals surface area contributed by atoms with Gasteiger partial charge in [0, 0.05) is 7.05 Å². The minimum atomic E-state index is -1.09. The Morgan fingerprint density at radius 2 is 1.40 bits per heavy atom. The molecule has 0 saturated heterocycles. The summed E-state index contributed by atoms with van der Waals surface area (Å²) >= 11 is 0. The van der Waals surface area contributed by atoms with Gasteiger partial charge in [0.05, 0.1) is 46.2 Å². The zero-order chi connectivity index (χ0) is 21.8.